The maximum absolute atomic E-state index is 13.1. The first-order chi connectivity index (χ1) is 13.3. The summed E-state index contributed by atoms with van der Waals surface area (Å²) in [5, 5.41) is 2.48. The van der Waals surface area contributed by atoms with Crippen LogP contribution >= 0.6 is 0 Å². The van der Waals surface area contributed by atoms with Crippen molar-refractivity contribution in [3.63, 3.8) is 0 Å². The van der Waals surface area contributed by atoms with E-state index < -0.39 is 30.1 Å². The maximum Gasteiger partial charge on any atom is 0.416 e. The number of rotatable bonds is 5. The molecular formula is C19H18F4N2O3. The van der Waals surface area contributed by atoms with E-state index in [1.165, 1.54) is 30.3 Å². The fraction of sp³-hybridized carbons (Fsp3) is 0.316. The Morgan fingerprint density at radius 3 is 2.43 bits per heavy atom. The smallest absolute Gasteiger partial charge is 0.416 e. The maximum atomic E-state index is 13.1. The van der Waals surface area contributed by atoms with Gasteiger partial charge < -0.3 is 19.7 Å². The predicted molar refractivity (Wildman–Crippen MR) is 95.0 cm³/mol. The average molecular weight is 398 g/mol. The minimum atomic E-state index is -4.53. The number of morpholine rings is 1. The molecule has 0 aromatic heterocycles. The highest BCUT2D eigenvalue weighted by atomic mass is 19.4. The molecule has 0 atom stereocenters. The Morgan fingerprint density at radius 2 is 1.79 bits per heavy atom. The molecule has 0 bridgehead atoms. The standard InChI is InChI=1S/C19H18F4N2O3/c20-14-2-4-15(5-3-14)28-12-18(26)24-16-11-13(19(21,22)23)1-6-17(16)25-7-9-27-10-8-25/h1-6,11H,7-10,12H2,(H,24,26). The van der Waals surface area contributed by atoms with Gasteiger partial charge in [-0.15, -0.1) is 0 Å². The number of amides is 1. The summed E-state index contributed by atoms with van der Waals surface area (Å²) in [6, 6.07) is 8.28. The third-order valence-electron chi connectivity index (χ3n) is 4.13. The molecule has 0 spiro atoms. The number of halogens is 4. The molecule has 0 radical (unpaired) electrons. The molecule has 0 aliphatic carbocycles. The molecule has 0 saturated carbocycles. The van der Waals surface area contributed by atoms with E-state index in [-0.39, 0.29) is 11.4 Å². The van der Waals surface area contributed by atoms with Gasteiger partial charge in [-0.05, 0) is 42.5 Å². The molecule has 28 heavy (non-hydrogen) atoms. The first kappa shape index (κ1) is 19.9. The summed E-state index contributed by atoms with van der Waals surface area (Å²) in [5.41, 5.74) is -0.338. The molecule has 3 rings (SSSR count). The minimum absolute atomic E-state index is 0.0458. The second-order valence-corrected chi connectivity index (χ2v) is 6.12. The highest BCUT2D eigenvalue weighted by Gasteiger charge is 2.32. The van der Waals surface area contributed by atoms with Crippen LogP contribution in [0.15, 0.2) is 42.5 Å². The topological polar surface area (TPSA) is 50.8 Å². The molecule has 1 N–H and O–H groups in total. The molecule has 1 aliphatic rings. The Balaban J connectivity index is 1.75. The van der Waals surface area contributed by atoms with Crippen molar-refractivity contribution in [2.24, 2.45) is 0 Å². The Kier molecular flexibility index (Phi) is 6.03. The van der Waals surface area contributed by atoms with Crippen LogP contribution in [0.4, 0.5) is 28.9 Å². The van der Waals surface area contributed by atoms with Crippen LogP contribution in [0.2, 0.25) is 0 Å². The lowest BCUT2D eigenvalue weighted by Gasteiger charge is -2.31. The summed E-state index contributed by atoms with van der Waals surface area (Å²) in [4.78, 5) is 14.1. The van der Waals surface area contributed by atoms with E-state index in [1.807, 2.05) is 4.90 Å². The number of carbonyl (C=O) groups is 1. The number of ether oxygens (including phenoxy) is 2. The zero-order valence-electron chi connectivity index (χ0n) is 14.8. The van der Waals surface area contributed by atoms with E-state index in [1.54, 1.807) is 0 Å². The molecular weight excluding hydrogens is 380 g/mol. The lowest BCUT2D eigenvalue weighted by atomic mass is 10.1. The lowest BCUT2D eigenvalue weighted by Crippen LogP contribution is -2.37. The molecule has 2 aromatic carbocycles. The van der Waals surface area contributed by atoms with Crippen LogP contribution in [0.25, 0.3) is 0 Å². The molecule has 0 unspecified atom stereocenters. The van der Waals surface area contributed by atoms with Gasteiger partial charge >= 0.3 is 6.18 Å². The van der Waals surface area contributed by atoms with Gasteiger partial charge in [-0.3, -0.25) is 4.79 Å². The third kappa shape index (κ3) is 5.13. The number of carbonyl (C=O) groups excluding carboxylic acids is 1. The van der Waals surface area contributed by atoms with Gasteiger partial charge in [0.05, 0.1) is 30.2 Å². The third-order valence-corrected chi connectivity index (χ3v) is 4.13. The Morgan fingerprint density at radius 1 is 1.11 bits per heavy atom. The zero-order valence-corrected chi connectivity index (χ0v) is 14.8. The van der Waals surface area contributed by atoms with Crippen molar-refractivity contribution in [3.05, 3.63) is 53.8 Å². The summed E-state index contributed by atoms with van der Waals surface area (Å²) >= 11 is 0. The quantitative estimate of drug-likeness (QED) is 0.781. The van der Waals surface area contributed by atoms with Crippen LogP contribution in [0, 0.1) is 5.82 Å². The molecule has 1 aliphatic heterocycles. The molecule has 1 heterocycles. The van der Waals surface area contributed by atoms with E-state index in [9.17, 15) is 22.4 Å². The summed E-state index contributed by atoms with van der Waals surface area (Å²) < 4.78 is 62.6. The Hall–Kier alpha value is -2.81. The van der Waals surface area contributed by atoms with E-state index in [2.05, 4.69) is 5.32 Å². The fourth-order valence-electron chi connectivity index (χ4n) is 2.76. The van der Waals surface area contributed by atoms with E-state index >= 15 is 0 Å². The van der Waals surface area contributed by atoms with E-state index in [0.29, 0.717) is 32.0 Å². The Bertz CT molecular complexity index is 819. The van der Waals surface area contributed by atoms with Gasteiger partial charge in [-0.25, -0.2) is 4.39 Å². The highest BCUT2D eigenvalue weighted by Crippen LogP contribution is 2.35. The van der Waals surface area contributed by atoms with Gasteiger partial charge in [0, 0.05) is 13.1 Å². The SMILES string of the molecule is O=C(COc1ccc(F)cc1)Nc1cc(C(F)(F)F)ccc1N1CCOCC1. The van der Waals surface area contributed by atoms with Crippen molar-refractivity contribution in [2.45, 2.75) is 6.18 Å². The van der Waals surface area contributed by atoms with Crippen molar-refractivity contribution in [2.75, 3.05) is 43.1 Å². The first-order valence-electron chi connectivity index (χ1n) is 8.55. The van der Waals surface area contributed by atoms with Crippen LogP contribution < -0.4 is 15.0 Å². The van der Waals surface area contributed by atoms with Gasteiger partial charge in [0.2, 0.25) is 0 Å². The zero-order chi connectivity index (χ0) is 20.1. The molecule has 5 nitrogen and oxygen atoms in total. The summed E-state index contributed by atoms with van der Waals surface area (Å²) in [5.74, 6) is -0.803. The van der Waals surface area contributed by atoms with Crippen LogP contribution in [0.5, 0.6) is 5.75 Å². The van der Waals surface area contributed by atoms with Crippen LogP contribution in [0.1, 0.15) is 5.56 Å². The van der Waals surface area contributed by atoms with Gasteiger partial charge in [-0.1, -0.05) is 0 Å². The van der Waals surface area contributed by atoms with Gasteiger partial charge in [-0.2, -0.15) is 13.2 Å². The minimum Gasteiger partial charge on any atom is -0.484 e. The molecule has 2 aromatic rings. The van der Waals surface area contributed by atoms with Crippen LogP contribution in [-0.2, 0) is 15.7 Å². The van der Waals surface area contributed by atoms with Crippen LogP contribution in [-0.4, -0.2) is 38.8 Å². The van der Waals surface area contributed by atoms with Gasteiger partial charge in [0.1, 0.15) is 11.6 Å². The summed E-state index contributed by atoms with van der Waals surface area (Å²) in [6.45, 7) is 1.47. The van der Waals surface area contributed by atoms with Gasteiger partial charge in [0.25, 0.3) is 5.91 Å². The molecule has 150 valence electrons. The van der Waals surface area contributed by atoms with Crippen molar-refractivity contribution in [1.29, 1.82) is 0 Å². The number of nitrogens with one attached hydrogen (secondary N) is 1. The van der Waals surface area contributed by atoms with Crippen molar-refractivity contribution >= 4 is 17.3 Å². The number of nitrogens with zero attached hydrogens (tertiary/aromatic N) is 1. The molecule has 1 amide bonds. The van der Waals surface area contributed by atoms with Crippen molar-refractivity contribution in [1.82, 2.24) is 0 Å². The average Bonchev–Trinajstić information content (AvgIpc) is 2.67. The summed E-state index contributed by atoms with van der Waals surface area (Å²) in [7, 11) is 0. The number of anilines is 2. The first-order valence-corrected chi connectivity index (χ1v) is 8.55. The van der Waals surface area contributed by atoms with Crippen molar-refractivity contribution < 1.29 is 31.8 Å². The molecule has 1 saturated heterocycles. The number of hydrogen-bond donors (Lipinski definition) is 1. The second kappa shape index (κ2) is 8.47. The normalized spacial score (nSPS) is 14.6. The number of alkyl halides is 3. The second-order valence-electron chi connectivity index (χ2n) is 6.12. The summed E-state index contributed by atoms with van der Waals surface area (Å²) in [6.07, 6.45) is -4.53. The number of benzene rings is 2. The fourth-order valence-corrected chi connectivity index (χ4v) is 2.76. The van der Waals surface area contributed by atoms with E-state index in [4.69, 9.17) is 9.47 Å². The van der Waals surface area contributed by atoms with Crippen LogP contribution in [0.3, 0.4) is 0 Å². The predicted octanol–water partition coefficient (Wildman–Crippen LogP) is 3.70. The monoisotopic (exact) mass is 398 g/mol. The number of hydrogen-bond acceptors (Lipinski definition) is 4. The molecule has 1 fully saturated rings. The molecule has 9 heteroatoms. The highest BCUT2D eigenvalue weighted by molar-refractivity contribution is 5.95. The van der Waals surface area contributed by atoms with Crippen molar-refractivity contribution in [3.8, 4) is 5.75 Å². The van der Waals surface area contributed by atoms with Gasteiger partial charge in [0.15, 0.2) is 6.61 Å². The lowest BCUT2D eigenvalue weighted by molar-refractivity contribution is -0.137. The Labute approximate surface area is 158 Å². The van der Waals surface area contributed by atoms with E-state index in [0.717, 1.165) is 12.1 Å². The largest absolute Gasteiger partial charge is 0.484 e.